The fourth-order valence-corrected chi connectivity index (χ4v) is 2.31. The van der Waals surface area contributed by atoms with Crippen LogP contribution < -0.4 is 9.47 Å². The first-order valence-electron chi connectivity index (χ1n) is 7.30. The Labute approximate surface area is 150 Å². The zero-order valence-electron chi connectivity index (χ0n) is 13.3. The van der Waals surface area contributed by atoms with Crippen molar-refractivity contribution in [3.63, 3.8) is 0 Å². The van der Waals surface area contributed by atoms with Crippen LogP contribution in [0.1, 0.15) is 19.8 Å². The van der Waals surface area contributed by atoms with Gasteiger partial charge in [-0.15, -0.1) is 0 Å². The van der Waals surface area contributed by atoms with Gasteiger partial charge in [-0.3, -0.25) is 4.79 Å². The van der Waals surface area contributed by atoms with Gasteiger partial charge in [0.05, 0.1) is 18.2 Å². The molecule has 0 spiro atoms. The van der Waals surface area contributed by atoms with E-state index in [-0.39, 0.29) is 18.0 Å². The van der Waals surface area contributed by atoms with E-state index in [2.05, 4.69) is 9.72 Å². The van der Waals surface area contributed by atoms with Crippen LogP contribution in [0, 0.1) is 0 Å². The third kappa shape index (κ3) is 5.58. The number of hydrogen-bond donors (Lipinski definition) is 0. The van der Waals surface area contributed by atoms with Crippen LogP contribution >= 0.6 is 23.2 Å². The second-order valence-electron chi connectivity index (χ2n) is 5.06. The molecule has 24 heavy (non-hydrogen) atoms. The van der Waals surface area contributed by atoms with Gasteiger partial charge in [-0.05, 0) is 43.7 Å². The van der Waals surface area contributed by atoms with E-state index in [1.807, 2.05) is 6.92 Å². The highest BCUT2D eigenvalue weighted by Crippen LogP contribution is 2.30. The minimum Gasteiger partial charge on any atom is -0.491 e. The standard InChI is InChI=1S/C17H17Cl2NO4/c1-11(3-8-16(21)22-2)23-13-4-6-14(7-5-13)24-17-15(19)9-12(18)10-20-17/h4-7,9-11H,3,8H2,1-2H3. The number of nitrogens with zero attached hydrogens (tertiary/aromatic N) is 1. The van der Waals surface area contributed by atoms with Crippen LogP contribution in [0.3, 0.4) is 0 Å². The molecule has 0 saturated carbocycles. The van der Waals surface area contributed by atoms with Gasteiger partial charge in [0.2, 0.25) is 5.88 Å². The first-order chi connectivity index (χ1) is 11.5. The molecule has 2 aromatic rings. The number of halogens is 2. The quantitative estimate of drug-likeness (QED) is 0.649. The smallest absolute Gasteiger partial charge is 0.305 e. The molecule has 1 atom stereocenters. The van der Waals surface area contributed by atoms with Crippen molar-refractivity contribution in [3.8, 4) is 17.4 Å². The van der Waals surface area contributed by atoms with Gasteiger partial charge < -0.3 is 14.2 Å². The predicted octanol–water partition coefficient (Wildman–Crippen LogP) is 4.90. The van der Waals surface area contributed by atoms with Crippen LogP contribution in [-0.4, -0.2) is 24.2 Å². The first kappa shape index (κ1) is 18.4. The van der Waals surface area contributed by atoms with Gasteiger partial charge in [0.15, 0.2) is 0 Å². The molecule has 128 valence electrons. The highest BCUT2D eigenvalue weighted by atomic mass is 35.5. The average molecular weight is 370 g/mol. The van der Waals surface area contributed by atoms with Gasteiger partial charge in [0, 0.05) is 12.6 Å². The maximum Gasteiger partial charge on any atom is 0.305 e. The molecule has 0 fully saturated rings. The number of aromatic nitrogens is 1. The summed E-state index contributed by atoms with van der Waals surface area (Å²) in [6.07, 6.45) is 2.25. The maximum absolute atomic E-state index is 11.1. The van der Waals surface area contributed by atoms with E-state index < -0.39 is 0 Å². The lowest BCUT2D eigenvalue weighted by Gasteiger charge is -2.14. The number of methoxy groups -OCH3 is 1. The molecular weight excluding hydrogens is 353 g/mol. The average Bonchev–Trinajstić information content (AvgIpc) is 2.57. The molecule has 1 aromatic carbocycles. The summed E-state index contributed by atoms with van der Waals surface area (Å²) in [6, 6.07) is 8.59. The fraction of sp³-hybridized carbons (Fsp3) is 0.294. The van der Waals surface area contributed by atoms with Crippen molar-refractivity contribution < 1.29 is 19.0 Å². The van der Waals surface area contributed by atoms with E-state index in [1.165, 1.54) is 13.3 Å². The Hall–Kier alpha value is -1.98. The van der Waals surface area contributed by atoms with Crippen molar-refractivity contribution in [2.75, 3.05) is 7.11 Å². The molecule has 0 aliphatic rings. The number of carbonyl (C=O) groups is 1. The second-order valence-corrected chi connectivity index (χ2v) is 5.90. The Balaban J connectivity index is 1.91. The van der Waals surface area contributed by atoms with Gasteiger partial charge in [0.1, 0.15) is 16.5 Å². The summed E-state index contributed by atoms with van der Waals surface area (Å²) < 4.78 is 15.9. The van der Waals surface area contributed by atoms with Gasteiger partial charge >= 0.3 is 5.97 Å². The van der Waals surface area contributed by atoms with Crippen molar-refractivity contribution in [1.82, 2.24) is 4.98 Å². The lowest BCUT2D eigenvalue weighted by molar-refractivity contribution is -0.141. The van der Waals surface area contributed by atoms with E-state index >= 15 is 0 Å². The zero-order valence-corrected chi connectivity index (χ0v) is 14.8. The third-order valence-electron chi connectivity index (χ3n) is 3.13. The SMILES string of the molecule is COC(=O)CCC(C)Oc1ccc(Oc2ncc(Cl)cc2Cl)cc1. The van der Waals surface area contributed by atoms with E-state index in [1.54, 1.807) is 30.3 Å². The molecule has 1 heterocycles. The molecule has 0 amide bonds. The molecule has 5 nitrogen and oxygen atoms in total. The molecule has 0 radical (unpaired) electrons. The summed E-state index contributed by atoms with van der Waals surface area (Å²) in [5, 5.41) is 0.774. The first-order valence-corrected chi connectivity index (χ1v) is 8.06. The topological polar surface area (TPSA) is 57.7 Å². The molecule has 0 saturated heterocycles. The monoisotopic (exact) mass is 369 g/mol. The van der Waals surface area contributed by atoms with Crippen LogP contribution in [0.4, 0.5) is 0 Å². The van der Waals surface area contributed by atoms with Crippen LogP contribution in [0.15, 0.2) is 36.5 Å². The summed E-state index contributed by atoms with van der Waals surface area (Å²) in [5.74, 6) is 1.28. The van der Waals surface area contributed by atoms with E-state index in [0.29, 0.717) is 34.4 Å². The number of hydrogen-bond acceptors (Lipinski definition) is 5. The highest BCUT2D eigenvalue weighted by Gasteiger charge is 2.09. The van der Waals surface area contributed by atoms with Gasteiger partial charge in [-0.1, -0.05) is 23.2 Å². The van der Waals surface area contributed by atoms with Crippen LogP contribution in [0.25, 0.3) is 0 Å². The van der Waals surface area contributed by atoms with Crippen molar-refractivity contribution in [1.29, 1.82) is 0 Å². The summed E-state index contributed by atoms with van der Waals surface area (Å²) in [4.78, 5) is 15.1. The Bertz CT molecular complexity index is 691. The predicted molar refractivity (Wildman–Crippen MR) is 92.1 cm³/mol. The molecule has 1 aromatic heterocycles. The number of esters is 1. The van der Waals surface area contributed by atoms with Gasteiger partial charge in [-0.25, -0.2) is 4.98 Å². The lowest BCUT2D eigenvalue weighted by Crippen LogP contribution is -2.14. The number of pyridine rings is 1. The van der Waals surface area contributed by atoms with Crippen molar-refractivity contribution in [2.45, 2.75) is 25.9 Å². The minimum atomic E-state index is -0.249. The van der Waals surface area contributed by atoms with Crippen molar-refractivity contribution >= 4 is 29.2 Å². The Morgan fingerprint density at radius 1 is 1.21 bits per heavy atom. The Morgan fingerprint density at radius 2 is 1.88 bits per heavy atom. The van der Waals surface area contributed by atoms with Crippen molar-refractivity contribution in [2.24, 2.45) is 0 Å². The van der Waals surface area contributed by atoms with Crippen LogP contribution in [0.2, 0.25) is 10.0 Å². The molecule has 2 rings (SSSR count). The summed E-state index contributed by atoms with van der Waals surface area (Å²) in [6.45, 7) is 1.89. The highest BCUT2D eigenvalue weighted by molar-refractivity contribution is 6.35. The molecule has 0 aliphatic carbocycles. The molecule has 1 unspecified atom stereocenters. The Morgan fingerprint density at radius 3 is 2.50 bits per heavy atom. The Kier molecular flexibility index (Phi) is 6.70. The van der Waals surface area contributed by atoms with E-state index in [9.17, 15) is 4.79 Å². The van der Waals surface area contributed by atoms with Gasteiger partial charge in [-0.2, -0.15) is 0 Å². The molecule has 0 bridgehead atoms. The molecule has 7 heteroatoms. The third-order valence-corrected chi connectivity index (χ3v) is 3.61. The van der Waals surface area contributed by atoms with Crippen molar-refractivity contribution in [3.05, 3.63) is 46.6 Å². The fourth-order valence-electron chi connectivity index (χ4n) is 1.89. The maximum atomic E-state index is 11.1. The lowest BCUT2D eigenvalue weighted by atomic mass is 10.2. The summed E-state index contributed by atoms with van der Waals surface area (Å²) >= 11 is 11.8. The zero-order chi connectivity index (χ0) is 17.5. The van der Waals surface area contributed by atoms with Crippen LogP contribution in [0.5, 0.6) is 17.4 Å². The van der Waals surface area contributed by atoms with E-state index in [0.717, 1.165) is 0 Å². The minimum absolute atomic E-state index is 0.108. The molecular formula is C17H17Cl2NO4. The molecule has 0 N–H and O–H groups in total. The molecule has 0 aliphatic heterocycles. The van der Waals surface area contributed by atoms with E-state index in [4.69, 9.17) is 32.7 Å². The van der Waals surface area contributed by atoms with Crippen LogP contribution in [-0.2, 0) is 9.53 Å². The second kappa shape index (κ2) is 8.76. The number of carbonyl (C=O) groups excluding carboxylic acids is 1. The number of rotatable bonds is 7. The number of benzene rings is 1. The van der Waals surface area contributed by atoms with Gasteiger partial charge in [0.25, 0.3) is 0 Å². The summed E-state index contributed by atoms with van der Waals surface area (Å²) in [7, 11) is 1.37. The summed E-state index contributed by atoms with van der Waals surface area (Å²) in [5.41, 5.74) is 0. The normalized spacial score (nSPS) is 11.7. The largest absolute Gasteiger partial charge is 0.491 e. The number of ether oxygens (including phenoxy) is 3.